The number of hydrogen-bond acceptors (Lipinski definition) is 3. The second kappa shape index (κ2) is 12.3. The molecule has 0 aliphatic heterocycles. The van der Waals surface area contributed by atoms with Gasteiger partial charge in [0, 0.05) is 18.1 Å². The van der Waals surface area contributed by atoms with Gasteiger partial charge in [-0.1, -0.05) is 91.0 Å². The lowest BCUT2D eigenvalue weighted by Gasteiger charge is -2.39. The molecule has 4 nitrogen and oxygen atoms in total. The summed E-state index contributed by atoms with van der Waals surface area (Å²) >= 11 is 0. The maximum Gasteiger partial charge on any atom is 0.134 e. The first-order valence-electron chi connectivity index (χ1n) is 17.3. The van der Waals surface area contributed by atoms with Crippen molar-refractivity contribution in [1.29, 1.82) is 0 Å². The molecular formula is C44H29B4N3O. The highest BCUT2D eigenvalue weighted by molar-refractivity contribution is 6.62. The highest BCUT2D eigenvalue weighted by Gasteiger charge is 2.40. The number of allylic oxidation sites excluding steroid dienone is 1. The SMILES string of the molecule is [B]C([B])([B])C([B])(O)c1nc2c(n1-c1ccc3cc(-c4c5ccccc5c(-c5cccc(-c6ccncc6)c5)c5ccccc45)ccc3c1)C=CCC2. The number of aromatic nitrogens is 3. The third-order valence-electron chi connectivity index (χ3n) is 10.3. The van der Waals surface area contributed by atoms with Gasteiger partial charge in [0.1, 0.15) is 13.7 Å². The zero-order valence-electron chi connectivity index (χ0n) is 28.4. The van der Waals surface area contributed by atoms with E-state index in [4.69, 9.17) is 36.4 Å². The molecule has 0 bridgehead atoms. The molecule has 1 aliphatic rings. The van der Waals surface area contributed by atoms with Crippen molar-refractivity contribution in [2.24, 2.45) is 0 Å². The highest BCUT2D eigenvalue weighted by atomic mass is 16.3. The van der Waals surface area contributed by atoms with Crippen molar-refractivity contribution >= 4 is 69.8 Å². The molecule has 52 heavy (non-hydrogen) atoms. The fourth-order valence-electron chi connectivity index (χ4n) is 7.64. The molecule has 9 rings (SSSR count). The minimum absolute atomic E-state index is 0.0943. The normalized spacial score (nSPS) is 14.1. The van der Waals surface area contributed by atoms with Crippen LogP contribution in [0.3, 0.4) is 0 Å². The number of rotatable bonds is 6. The molecule has 2 aromatic heterocycles. The zero-order valence-corrected chi connectivity index (χ0v) is 28.4. The second-order valence-corrected chi connectivity index (χ2v) is 13.6. The summed E-state index contributed by atoms with van der Waals surface area (Å²) < 4.78 is 1.81. The highest BCUT2D eigenvalue weighted by Crippen LogP contribution is 2.45. The van der Waals surface area contributed by atoms with Gasteiger partial charge < -0.3 is 5.11 Å². The molecule has 0 amide bonds. The van der Waals surface area contributed by atoms with Gasteiger partial charge in [-0.25, -0.2) is 4.98 Å². The van der Waals surface area contributed by atoms with Crippen LogP contribution in [0.4, 0.5) is 0 Å². The number of aliphatic hydroxyl groups is 1. The average Bonchev–Trinajstić information content (AvgIpc) is 3.57. The van der Waals surface area contributed by atoms with Gasteiger partial charge in [0.25, 0.3) is 0 Å². The third-order valence-corrected chi connectivity index (χ3v) is 10.3. The molecule has 6 aromatic carbocycles. The molecule has 1 aliphatic carbocycles. The molecular weight excluding hydrogens is 630 g/mol. The fourth-order valence-corrected chi connectivity index (χ4v) is 7.64. The van der Waals surface area contributed by atoms with Crippen LogP contribution in [0, 0.1) is 0 Å². The summed E-state index contributed by atoms with van der Waals surface area (Å²) in [5.74, 6) is 0.0943. The third kappa shape index (κ3) is 5.24. The van der Waals surface area contributed by atoms with Crippen molar-refractivity contribution in [3.05, 3.63) is 157 Å². The van der Waals surface area contributed by atoms with Gasteiger partial charge in [-0.3, -0.25) is 9.55 Å². The molecule has 8 radical (unpaired) electrons. The Morgan fingerprint density at radius 1 is 0.596 bits per heavy atom. The first-order chi connectivity index (χ1) is 25.2. The summed E-state index contributed by atoms with van der Waals surface area (Å²) in [7, 11) is 24.2. The van der Waals surface area contributed by atoms with Gasteiger partial charge in [-0.05, 0) is 121 Å². The number of benzene rings is 6. The predicted molar refractivity (Wildman–Crippen MR) is 217 cm³/mol. The minimum atomic E-state index is -2.30. The Bertz CT molecular complexity index is 2660. The van der Waals surface area contributed by atoms with Crippen LogP contribution in [0.15, 0.2) is 140 Å². The summed E-state index contributed by atoms with van der Waals surface area (Å²) in [5, 5.41) is 16.0. The molecule has 0 saturated heterocycles. The number of fused-ring (bicyclic) bond motifs is 4. The number of pyridine rings is 1. The molecule has 238 valence electrons. The van der Waals surface area contributed by atoms with Crippen LogP contribution < -0.4 is 0 Å². The van der Waals surface area contributed by atoms with E-state index >= 15 is 0 Å². The van der Waals surface area contributed by atoms with Gasteiger partial charge in [0.15, 0.2) is 0 Å². The second-order valence-electron chi connectivity index (χ2n) is 13.6. The van der Waals surface area contributed by atoms with Crippen LogP contribution in [0.25, 0.3) is 77.5 Å². The van der Waals surface area contributed by atoms with Crippen molar-refractivity contribution in [3.63, 3.8) is 0 Å². The molecule has 1 atom stereocenters. The van der Waals surface area contributed by atoms with Crippen molar-refractivity contribution < 1.29 is 5.11 Å². The lowest BCUT2D eigenvalue weighted by Crippen LogP contribution is -2.44. The Balaban J connectivity index is 1.21. The lowest BCUT2D eigenvalue weighted by molar-refractivity contribution is 0.117. The maximum atomic E-state index is 11.3. The van der Waals surface area contributed by atoms with Gasteiger partial charge in [-0.2, -0.15) is 0 Å². The largest absolute Gasteiger partial charge is 0.394 e. The van der Waals surface area contributed by atoms with Crippen LogP contribution in [-0.2, 0) is 11.9 Å². The zero-order chi connectivity index (χ0) is 35.6. The summed E-state index contributed by atoms with van der Waals surface area (Å²) in [5.41, 5.74) is 7.02. The lowest BCUT2D eigenvalue weighted by atomic mass is 9.32. The Labute approximate surface area is 307 Å². The molecule has 2 heterocycles. The van der Waals surface area contributed by atoms with E-state index in [1.807, 2.05) is 41.2 Å². The quantitative estimate of drug-likeness (QED) is 0.144. The van der Waals surface area contributed by atoms with Gasteiger partial charge in [0.2, 0.25) is 0 Å². The average molecular weight is 659 g/mol. The molecule has 0 spiro atoms. The van der Waals surface area contributed by atoms with E-state index < -0.39 is 10.6 Å². The van der Waals surface area contributed by atoms with E-state index in [0.29, 0.717) is 6.42 Å². The summed E-state index contributed by atoms with van der Waals surface area (Å²) in [6.07, 6.45) is 9.25. The summed E-state index contributed by atoms with van der Waals surface area (Å²) in [6.45, 7) is 0. The van der Waals surface area contributed by atoms with Crippen LogP contribution in [0.1, 0.15) is 23.6 Å². The van der Waals surface area contributed by atoms with Crippen LogP contribution in [0.2, 0.25) is 5.11 Å². The molecule has 0 saturated carbocycles. The Kier molecular flexibility index (Phi) is 7.64. The standard InChI is InChI=1S/C44H29B4N3O/c45-43(52,44(46,47)48)42-50-38-14-5-6-15-39(38)51(42)33-19-18-29-25-32(17-16-30(29)26-33)41-36-12-3-1-10-34(36)40(35-11-2-4-13-37(35)41)31-9-7-8-28(24-31)27-20-22-49-23-21-27/h1-4,6-13,15-26,52H,5,14H2. The minimum Gasteiger partial charge on any atom is -0.394 e. The van der Waals surface area contributed by atoms with E-state index in [9.17, 15) is 5.11 Å². The first kappa shape index (κ1) is 32.3. The Hall–Kier alpha value is -5.58. The predicted octanol–water partition coefficient (Wildman–Crippen LogP) is 8.58. The monoisotopic (exact) mass is 659 g/mol. The number of imidazole rings is 1. The number of aryl methyl sites for hydroxylation is 1. The smallest absolute Gasteiger partial charge is 0.134 e. The van der Waals surface area contributed by atoms with Crippen molar-refractivity contribution in [2.75, 3.05) is 0 Å². The maximum absolute atomic E-state index is 11.3. The number of nitrogens with zero attached hydrogens (tertiary/aromatic N) is 3. The van der Waals surface area contributed by atoms with E-state index in [-0.39, 0.29) is 5.82 Å². The van der Waals surface area contributed by atoms with Crippen molar-refractivity contribution in [3.8, 4) is 39.1 Å². The first-order valence-corrected chi connectivity index (χ1v) is 17.3. The van der Waals surface area contributed by atoms with Crippen LogP contribution >= 0.6 is 0 Å². The molecule has 1 N–H and O–H groups in total. The fraction of sp³-hybridized carbons (Fsp3) is 0.0909. The van der Waals surface area contributed by atoms with Crippen molar-refractivity contribution in [2.45, 2.75) is 23.5 Å². The number of hydrogen-bond donors (Lipinski definition) is 1. The van der Waals surface area contributed by atoms with Gasteiger partial charge in [-0.15, -0.1) is 5.11 Å². The summed E-state index contributed by atoms with van der Waals surface area (Å²) in [4.78, 5) is 8.91. The van der Waals surface area contributed by atoms with E-state index in [1.54, 1.807) is 0 Å². The Morgan fingerprint density at radius 2 is 1.19 bits per heavy atom. The van der Waals surface area contributed by atoms with Gasteiger partial charge >= 0.3 is 0 Å². The van der Waals surface area contributed by atoms with Crippen molar-refractivity contribution in [1.82, 2.24) is 14.5 Å². The van der Waals surface area contributed by atoms with E-state index in [1.165, 1.54) is 32.7 Å². The molecule has 8 heteroatoms. The van der Waals surface area contributed by atoms with Crippen LogP contribution in [-0.4, -0.2) is 51.0 Å². The van der Waals surface area contributed by atoms with E-state index in [0.717, 1.165) is 56.5 Å². The van der Waals surface area contributed by atoms with Crippen LogP contribution in [0.5, 0.6) is 0 Å². The summed E-state index contributed by atoms with van der Waals surface area (Å²) in [6, 6.07) is 42.9. The Morgan fingerprint density at radius 3 is 1.85 bits per heavy atom. The topological polar surface area (TPSA) is 50.9 Å². The van der Waals surface area contributed by atoms with E-state index in [2.05, 4.69) is 114 Å². The molecule has 0 fully saturated rings. The molecule has 8 aromatic rings. The molecule has 1 unspecified atom stereocenters. The van der Waals surface area contributed by atoms with Gasteiger partial charge in [0.05, 0.1) is 40.4 Å².